The van der Waals surface area contributed by atoms with Gasteiger partial charge < -0.3 is 9.84 Å². The average Bonchev–Trinajstić information content (AvgIpc) is 2.76. The normalized spacial score (nSPS) is 23.9. The number of alkyl halides is 1. The second-order valence-electron chi connectivity index (χ2n) is 7.02. The number of piperidine rings is 3. The lowest BCUT2D eigenvalue weighted by molar-refractivity contribution is -0.177. The van der Waals surface area contributed by atoms with Crippen molar-refractivity contribution in [1.82, 2.24) is 4.90 Å². The van der Waals surface area contributed by atoms with Crippen LogP contribution in [0.1, 0.15) is 24.0 Å². The first kappa shape index (κ1) is 20.1. The molecule has 1 N–H and O–H groups in total. The highest BCUT2D eigenvalue weighted by atomic mass is 79.9. The minimum Gasteiger partial charge on any atom is -0.458 e. The summed E-state index contributed by atoms with van der Waals surface area (Å²) in [6.07, 6.45) is 1.99. The minimum absolute atomic E-state index is 0.131. The predicted octanol–water partition coefficient (Wildman–Crippen LogP) is 3.57. The number of carbonyl (C=O) groups excluding carboxylic acids is 1. The van der Waals surface area contributed by atoms with E-state index in [9.17, 15) is 9.90 Å². The molecule has 0 aromatic heterocycles. The number of hydrogen-bond acceptors (Lipinski definition) is 4. The van der Waals surface area contributed by atoms with Crippen molar-refractivity contribution in [2.45, 2.75) is 24.5 Å². The molecule has 4 nitrogen and oxygen atoms in total. The third-order valence-corrected chi connectivity index (χ3v) is 5.53. The molecule has 0 radical (unpaired) electrons. The van der Waals surface area contributed by atoms with Crippen LogP contribution < -0.4 is 0 Å². The Morgan fingerprint density at radius 3 is 1.89 bits per heavy atom. The van der Waals surface area contributed by atoms with Crippen molar-refractivity contribution in [3.63, 3.8) is 0 Å². The number of ether oxygens (including phenoxy) is 1. The summed E-state index contributed by atoms with van der Waals surface area (Å²) in [5, 5.41) is 11.4. The van der Waals surface area contributed by atoms with Gasteiger partial charge in [0.1, 0.15) is 6.10 Å². The number of benzene rings is 2. The van der Waals surface area contributed by atoms with Crippen LogP contribution in [0.5, 0.6) is 0 Å². The second kappa shape index (κ2) is 9.00. The van der Waals surface area contributed by atoms with Gasteiger partial charge in [-0.05, 0) is 48.8 Å². The molecule has 0 saturated carbocycles. The number of hydrogen-bond donors (Lipinski definition) is 1. The predicted molar refractivity (Wildman–Crippen MR) is 110 cm³/mol. The van der Waals surface area contributed by atoms with Crippen molar-refractivity contribution in [2.24, 2.45) is 5.92 Å². The van der Waals surface area contributed by atoms with Gasteiger partial charge in [0, 0.05) is 6.54 Å². The van der Waals surface area contributed by atoms with Crippen molar-refractivity contribution in [2.75, 3.05) is 25.5 Å². The summed E-state index contributed by atoms with van der Waals surface area (Å²) in [5.74, 6) is 1.64. The Balaban J connectivity index is 0.00000102. The maximum Gasteiger partial charge on any atom is 0.348 e. The van der Waals surface area contributed by atoms with Gasteiger partial charge >= 0.3 is 5.97 Å². The number of halogens is 1. The quantitative estimate of drug-likeness (QED) is 0.593. The Labute approximate surface area is 169 Å². The lowest BCUT2D eigenvalue weighted by Crippen LogP contribution is -2.53. The van der Waals surface area contributed by atoms with Gasteiger partial charge in [-0.3, -0.25) is 4.90 Å². The van der Waals surface area contributed by atoms with Crippen LogP contribution in [0.2, 0.25) is 0 Å². The highest BCUT2D eigenvalue weighted by molar-refractivity contribution is 9.08. The summed E-state index contributed by atoms with van der Waals surface area (Å²) in [7, 11) is 0. The van der Waals surface area contributed by atoms with Crippen LogP contribution in [0.25, 0.3) is 0 Å². The van der Waals surface area contributed by atoms with Gasteiger partial charge in [-0.25, -0.2) is 4.79 Å². The summed E-state index contributed by atoms with van der Waals surface area (Å²) in [6.45, 7) is 2.94. The fourth-order valence-corrected chi connectivity index (χ4v) is 4.03. The standard InChI is InChI=1S/C21H23NO3.CH3Br/c23-20(25-19-15-22-13-11-16(19)12-14-22)21(24,17-7-3-1-4-8-17)18-9-5-2-6-10-18;1-2/h1-10,16,19,24H,11-15H2;1H3. The SMILES string of the molecule is CBr.O=C(OC1CN2CCC1CC2)C(O)(c1ccccc1)c1ccccc1. The molecule has 2 aromatic carbocycles. The first-order valence-corrected chi connectivity index (χ1v) is 10.9. The summed E-state index contributed by atoms with van der Waals surface area (Å²) in [5.41, 5.74) is -0.714. The van der Waals surface area contributed by atoms with Gasteiger partial charge in [0.25, 0.3) is 0 Å². The highest BCUT2D eigenvalue weighted by Crippen LogP contribution is 2.35. The maximum atomic E-state index is 13.1. The summed E-state index contributed by atoms with van der Waals surface area (Å²) >= 11 is 2.94. The summed E-state index contributed by atoms with van der Waals surface area (Å²) in [4.78, 5) is 15.5. The highest BCUT2D eigenvalue weighted by Gasteiger charge is 2.45. The van der Waals surface area contributed by atoms with Gasteiger partial charge in [-0.15, -0.1) is 0 Å². The molecule has 2 bridgehead atoms. The van der Waals surface area contributed by atoms with Gasteiger partial charge in [0.2, 0.25) is 5.60 Å². The van der Waals surface area contributed by atoms with Crippen molar-refractivity contribution >= 4 is 21.9 Å². The molecule has 3 saturated heterocycles. The first-order valence-electron chi connectivity index (χ1n) is 9.32. The van der Waals surface area contributed by atoms with Crippen LogP contribution in [0.3, 0.4) is 0 Å². The topological polar surface area (TPSA) is 49.8 Å². The number of aliphatic hydroxyl groups is 1. The Hall–Kier alpha value is -1.69. The van der Waals surface area contributed by atoms with Crippen molar-refractivity contribution in [3.05, 3.63) is 71.8 Å². The van der Waals surface area contributed by atoms with E-state index in [1.165, 1.54) is 0 Å². The molecule has 2 aromatic rings. The van der Waals surface area contributed by atoms with Gasteiger partial charge in [0.15, 0.2) is 0 Å². The largest absolute Gasteiger partial charge is 0.458 e. The van der Waals surface area contributed by atoms with Crippen LogP contribution in [0.15, 0.2) is 60.7 Å². The minimum atomic E-state index is -1.78. The zero-order valence-electron chi connectivity index (χ0n) is 15.6. The second-order valence-corrected chi connectivity index (χ2v) is 7.02. The summed E-state index contributed by atoms with van der Waals surface area (Å²) < 4.78 is 5.87. The van der Waals surface area contributed by atoms with Crippen molar-refractivity contribution in [3.8, 4) is 0 Å². The van der Waals surface area contributed by atoms with Crippen LogP contribution in [-0.2, 0) is 15.1 Å². The molecule has 5 heteroatoms. The first-order chi connectivity index (χ1) is 13.2. The van der Waals surface area contributed by atoms with E-state index in [1.54, 1.807) is 24.3 Å². The van der Waals surface area contributed by atoms with E-state index in [4.69, 9.17) is 4.74 Å². The van der Waals surface area contributed by atoms with Crippen molar-refractivity contribution in [1.29, 1.82) is 0 Å². The third kappa shape index (κ3) is 4.10. The molecular formula is C22H26BrNO3. The fraction of sp³-hybridized carbons (Fsp3) is 0.409. The van der Waals surface area contributed by atoms with Crippen LogP contribution in [0, 0.1) is 5.92 Å². The molecule has 3 fully saturated rings. The number of fused-ring (bicyclic) bond motifs is 3. The Bertz CT molecular complexity index is 690. The zero-order valence-corrected chi connectivity index (χ0v) is 17.1. The monoisotopic (exact) mass is 431 g/mol. The molecule has 144 valence electrons. The van der Waals surface area contributed by atoms with Crippen molar-refractivity contribution < 1.29 is 14.6 Å². The Kier molecular flexibility index (Phi) is 6.68. The Morgan fingerprint density at radius 2 is 1.48 bits per heavy atom. The Morgan fingerprint density at radius 1 is 1.00 bits per heavy atom. The average molecular weight is 432 g/mol. The number of carbonyl (C=O) groups is 1. The lowest BCUT2D eigenvalue weighted by Gasteiger charge is -2.44. The fourth-order valence-electron chi connectivity index (χ4n) is 4.03. The molecule has 3 aliphatic rings. The van der Waals surface area contributed by atoms with Crippen LogP contribution >= 0.6 is 15.9 Å². The third-order valence-electron chi connectivity index (χ3n) is 5.53. The molecule has 3 aliphatic heterocycles. The van der Waals surface area contributed by atoms with E-state index in [0.717, 1.165) is 32.5 Å². The van der Waals surface area contributed by atoms with Crippen LogP contribution in [-0.4, -0.2) is 47.5 Å². The molecule has 0 aliphatic carbocycles. The summed E-state index contributed by atoms with van der Waals surface area (Å²) in [6, 6.07) is 18.1. The zero-order chi connectivity index (χ0) is 19.3. The van der Waals surface area contributed by atoms with E-state index in [1.807, 2.05) is 42.2 Å². The van der Waals surface area contributed by atoms with E-state index in [-0.39, 0.29) is 6.10 Å². The molecule has 1 atom stereocenters. The van der Waals surface area contributed by atoms with E-state index < -0.39 is 11.6 Å². The number of nitrogens with zero attached hydrogens (tertiary/aromatic N) is 1. The maximum absolute atomic E-state index is 13.1. The molecule has 27 heavy (non-hydrogen) atoms. The molecule has 0 amide bonds. The molecule has 0 spiro atoms. The van der Waals surface area contributed by atoms with E-state index >= 15 is 0 Å². The van der Waals surface area contributed by atoms with Gasteiger partial charge in [-0.1, -0.05) is 76.6 Å². The molecule has 5 rings (SSSR count). The molecular weight excluding hydrogens is 406 g/mol. The molecule has 3 heterocycles. The van der Waals surface area contributed by atoms with Gasteiger partial charge in [0.05, 0.1) is 0 Å². The van der Waals surface area contributed by atoms with E-state index in [0.29, 0.717) is 17.0 Å². The lowest BCUT2D eigenvalue weighted by atomic mass is 9.84. The number of esters is 1. The number of rotatable bonds is 4. The smallest absolute Gasteiger partial charge is 0.348 e. The van der Waals surface area contributed by atoms with E-state index in [2.05, 4.69) is 20.8 Å². The van der Waals surface area contributed by atoms with Crippen LogP contribution in [0.4, 0.5) is 0 Å². The van der Waals surface area contributed by atoms with Gasteiger partial charge in [-0.2, -0.15) is 0 Å². The molecule has 1 unspecified atom stereocenters.